The number of halogens is 3. The molecular formula is C3H4F3O. The Labute approximate surface area is 38.8 Å². The van der Waals surface area contributed by atoms with Crippen LogP contribution in [-0.2, 0) is 0 Å². The maximum absolute atomic E-state index is 11.3. The second kappa shape index (κ2) is 1.69. The Morgan fingerprint density at radius 2 is 1.71 bits per heavy atom. The third-order valence-corrected chi connectivity index (χ3v) is 0.345. The fourth-order valence-electron chi connectivity index (χ4n) is 0. The Bertz CT molecular complexity index is 55.7. The first kappa shape index (κ1) is 6.75. The summed E-state index contributed by atoms with van der Waals surface area (Å²) >= 11 is 0. The zero-order valence-electron chi connectivity index (χ0n) is 3.58. The van der Waals surface area contributed by atoms with E-state index in [1.54, 1.807) is 0 Å². The van der Waals surface area contributed by atoms with Crippen LogP contribution in [-0.4, -0.2) is 11.0 Å². The van der Waals surface area contributed by atoms with Gasteiger partial charge in [0.05, 0.1) is 0 Å². The molecule has 1 nitrogen and oxygen atoms in total. The van der Waals surface area contributed by atoms with E-state index in [2.05, 4.69) is 0 Å². The van der Waals surface area contributed by atoms with Crippen LogP contribution in [0.25, 0.3) is 0 Å². The molecule has 43 valence electrons. The van der Waals surface area contributed by atoms with Gasteiger partial charge in [-0.2, -0.15) is 8.78 Å². The lowest BCUT2D eigenvalue weighted by atomic mass is 10.4. The molecule has 4 heteroatoms. The molecule has 0 aromatic heterocycles. The quantitative estimate of drug-likeness (QED) is 0.539. The summed E-state index contributed by atoms with van der Waals surface area (Å²) in [6, 6.07) is 0. The normalized spacial score (nSPS) is 19.7. The molecule has 1 radical (unpaired) electrons. The molecule has 1 N–H and O–H groups in total. The van der Waals surface area contributed by atoms with Gasteiger partial charge < -0.3 is 5.11 Å². The van der Waals surface area contributed by atoms with E-state index in [0.717, 1.165) is 0 Å². The summed E-state index contributed by atoms with van der Waals surface area (Å²) in [7, 11) is 0. The van der Waals surface area contributed by atoms with Gasteiger partial charge in [-0.3, -0.25) is 0 Å². The maximum atomic E-state index is 11.3. The third-order valence-electron chi connectivity index (χ3n) is 0.345. The van der Waals surface area contributed by atoms with E-state index < -0.39 is 12.3 Å². The van der Waals surface area contributed by atoms with Crippen molar-refractivity contribution in [3.63, 3.8) is 0 Å². The second-order valence-corrected chi connectivity index (χ2v) is 1.21. The van der Waals surface area contributed by atoms with Crippen molar-refractivity contribution < 1.29 is 18.3 Å². The summed E-state index contributed by atoms with van der Waals surface area (Å²) in [6.07, 6.45) is -2.62. The lowest BCUT2D eigenvalue weighted by Gasteiger charge is -2.06. The van der Waals surface area contributed by atoms with Crippen LogP contribution in [0, 0.1) is 6.43 Å². The van der Waals surface area contributed by atoms with Gasteiger partial charge >= 0.3 is 6.43 Å². The highest BCUT2D eigenvalue weighted by molar-refractivity contribution is 4.75. The minimum absolute atomic E-state index is 0.363. The van der Waals surface area contributed by atoms with E-state index in [-0.39, 0.29) is 0 Å². The Morgan fingerprint density at radius 1 is 1.57 bits per heavy atom. The van der Waals surface area contributed by atoms with Crippen LogP contribution in [0.1, 0.15) is 6.92 Å². The molecular weight excluding hydrogens is 109 g/mol. The van der Waals surface area contributed by atoms with Crippen molar-refractivity contribution in [3.8, 4) is 0 Å². The summed E-state index contributed by atoms with van der Waals surface area (Å²) in [4.78, 5) is 0. The molecule has 0 aromatic rings. The lowest BCUT2D eigenvalue weighted by molar-refractivity contribution is -0.114. The summed E-state index contributed by atoms with van der Waals surface area (Å²) in [5.74, 6) is -3.42. The van der Waals surface area contributed by atoms with E-state index in [4.69, 9.17) is 5.11 Å². The van der Waals surface area contributed by atoms with Crippen molar-refractivity contribution in [2.75, 3.05) is 0 Å². The van der Waals surface area contributed by atoms with Crippen molar-refractivity contribution >= 4 is 0 Å². The molecule has 0 saturated carbocycles. The van der Waals surface area contributed by atoms with E-state index in [1.165, 1.54) is 0 Å². The first-order chi connectivity index (χ1) is 2.94. The highest BCUT2D eigenvalue weighted by Gasteiger charge is 2.33. The van der Waals surface area contributed by atoms with Crippen LogP contribution < -0.4 is 0 Å². The Kier molecular flexibility index (Phi) is 1.63. The average molecular weight is 113 g/mol. The van der Waals surface area contributed by atoms with Crippen molar-refractivity contribution in [2.24, 2.45) is 0 Å². The highest BCUT2D eigenvalue weighted by Crippen LogP contribution is 2.22. The van der Waals surface area contributed by atoms with Crippen LogP contribution in [0.4, 0.5) is 13.2 Å². The number of hydrogen-bond donors (Lipinski definition) is 1. The fraction of sp³-hybridized carbons (Fsp3) is 0.667. The fourth-order valence-corrected chi connectivity index (χ4v) is 0. The standard InChI is InChI=1S/C3H4F3O/c1-3(6,7)2(4)5/h7H,1H3. The number of aliphatic hydroxyl groups is 1. The Balaban J connectivity index is 3.54. The minimum atomic E-state index is -3.42. The molecule has 0 bridgehead atoms. The average Bonchev–Trinajstić information content (AvgIpc) is 1.31. The van der Waals surface area contributed by atoms with Gasteiger partial charge in [-0.1, -0.05) is 0 Å². The molecule has 0 aliphatic rings. The van der Waals surface area contributed by atoms with E-state index in [9.17, 15) is 13.2 Å². The van der Waals surface area contributed by atoms with E-state index >= 15 is 0 Å². The molecule has 0 rings (SSSR count). The SMILES string of the molecule is CC(O)(F)[C](F)F. The van der Waals surface area contributed by atoms with Gasteiger partial charge in [0.2, 0.25) is 0 Å². The van der Waals surface area contributed by atoms with Gasteiger partial charge in [0.15, 0.2) is 0 Å². The van der Waals surface area contributed by atoms with Crippen LogP contribution in [0.15, 0.2) is 0 Å². The molecule has 7 heavy (non-hydrogen) atoms. The zero-order valence-corrected chi connectivity index (χ0v) is 3.58. The van der Waals surface area contributed by atoms with E-state index in [1.807, 2.05) is 0 Å². The monoisotopic (exact) mass is 113 g/mol. The zero-order chi connectivity index (χ0) is 6.08. The number of rotatable bonds is 1. The third kappa shape index (κ3) is 2.45. The topological polar surface area (TPSA) is 20.2 Å². The minimum Gasteiger partial charge on any atom is -0.357 e. The molecule has 0 aliphatic carbocycles. The largest absolute Gasteiger partial charge is 0.372 e. The van der Waals surface area contributed by atoms with Crippen molar-refractivity contribution in [1.82, 2.24) is 0 Å². The first-order valence-corrected chi connectivity index (χ1v) is 1.54. The van der Waals surface area contributed by atoms with Gasteiger partial charge in [-0.25, -0.2) is 4.39 Å². The van der Waals surface area contributed by atoms with Gasteiger partial charge in [0, 0.05) is 6.92 Å². The Morgan fingerprint density at radius 3 is 1.71 bits per heavy atom. The van der Waals surface area contributed by atoms with Crippen LogP contribution in [0.2, 0.25) is 0 Å². The summed E-state index contributed by atoms with van der Waals surface area (Å²) in [5.41, 5.74) is 0. The maximum Gasteiger partial charge on any atom is 0.372 e. The molecule has 0 fully saturated rings. The first-order valence-electron chi connectivity index (χ1n) is 1.54. The summed E-state index contributed by atoms with van der Waals surface area (Å²) in [5, 5.41) is 7.64. The molecule has 1 atom stereocenters. The lowest BCUT2D eigenvalue weighted by Crippen LogP contribution is -2.20. The van der Waals surface area contributed by atoms with Gasteiger partial charge in [-0.15, -0.1) is 0 Å². The van der Waals surface area contributed by atoms with Crippen molar-refractivity contribution in [3.05, 3.63) is 6.43 Å². The summed E-state index contributed by atoms with van der Waals surface area (Å²) in [6.45, 7) is 0.363. The molecule has 0 saturated heterocycles. The molecule has 0 aromatic carbocycles. The van der Waals surface area contributed by atoms with Crippen molar-refractivity contribution in [2.45, 2.75) is 12.8 Å². The second-order valence-electron chi connectivity index (χ2n) is 1.21. The van der Waals surface area contributed by atoms with Crippen molar-refractivity contribution in [1.29, 1.82) is 0 Å². The van der Waals surface area contributed by atoms with E-state index in [0.29, 0.717) is 6.92 Å². The number of alkyl halides is 1. The molecule has 0 heterocycles. The molecule has 0 amide bonds. The predicted molar refractivity (Wildman–Crippen MR) is 17.2 cm³/mol. The predicted octanol–water partition coefficient (Wildman–Crippen LogP) is 1.09. The molecule has 0 spiro atoms. The van der Waals surface area contributed by atoms with Gasteiger partial charge in [-0.05, 0) is 0 Å². The van der Waals surface area contributed by atoms with Crippen LogP contribution in [0.3, 0.4) is 0 Å². The highest BCUT2D eigenvalue weighted by atomic mass is 19.3. The van der Waals surface area contributed by atoms with Crippen LogP contribution in [0.5, 0.6) is 0 Å². The smallest absolute Gasteiger partial charge is 0.357 e. The molecule has 1 unspecified atom stereocenters. The number of hydrogen-bond acceptors (Lipinski definition) is 1. The molecule has 0 aliphatic heterocycles. The summed E-state index contributed by atoms with van der Waals surface area (Å²) < 4.78 is 32.9. The Hall–Kier alpha value is -0.250. The van der Waals surface area contributed by atoms with Gasteiger partial charge in [0.25, 0.3) is 5.85 Å². The van der Waals surface area contributed by atoms with Crippen LogP contribution >= 0.6 is 0 Å². The van der Waals surface area contributed by atoms with Gasteiger partial charge in [0.1, 0.15) is 0 Å².